The average molecular weight is 868 g/mol. The molecule has 0 unspecified atom stereocenters. The summed E-state index contributed by atoms with van der Waals surface area (Å²) < 4.78 is 33.3. The van der Waals surface area contributed by atoms with E-state index in [0.717, 1.165) is 126 Å². The van der Waals surface area contributed by atoms with Crippen LogP contribution in [-0.4, -0.2) is 14.4 Å². The third-order valence-corrected chi connectivity index (χ3v) is 20.1. The van der Waals surface area contributed by atoms with Crippen molar-refractivity contribution in [3.8, 4) is 44.5 Å². The minimum Gasteiger partial charge on any atom is -0.309 e. The van der Waals surface area contributed by atoms with Crippen LogP contribution in [0, 0.1) is 0 Å². The molecule has 2 aliphatic heterocycles. The maximum absolute atomic E-state index is 15.8. The summed E-state index contributed by atoms with van der Waals surface area (Å²) in [7, 11) is -6.34. The highest BCUT2D eigenvalue weighted by atomic mass is 31.2. The molecule has 0 bridgehead atoms. The fraction of sp³-hybridized carbons (Fsp3) is 0. The van der Waals surface area contributed by atoms with Crippen LogP contribution < -0.4 is 31.8 Å². The van der Waals surface area contributed by atoms with Crippen LogP contribution in [0.1, 0.15) is 0 Å². The third kappa shape index (κ3) is 5.05. The van der Waals surface area contributed by atoms with Gasteiger partial charge >= 0.3 is 0 Å². The number of hydrogen-bond donors (Lipinski definition) is 0. The number of aromatic nitrogens is 3. The molecule has 0 saturated heterocycles. The fourth-order valence-corrected chi connectivity index (χ4v) is 16.8. The Kier molecular flexibility index (Phi) is 7.59. The predicted octanol–water partition coefficient (Wildman–Crippen LogP) is 11.9. The Morgan fingerprint density at radius 1 is 0.369 bits per heavy atom. The second kappa shape index (κ2) is 13.4. The van der Waals surface area contributed by atoms with Crippen molar-refractivity contribution in [3.63, 3.8) is 0 Å². The molecule has 7 heteroatoms. The van der Waals surface area contributed by atoms with Gasteiger partial charge in [0.1, 0.15) is 5.65 Å². The highest BCUT2D eigenvalue weighted by molar-refractivity contribution is 7.87. The van der Waals surface area contributed by atoms with Crippen molar-refractivity contribution in [1.82, 2.24) is 14.4 Å². The summed E-state index contributed by atoms with van der Waals surface area (Å²) >= 11 is 0. The Bertz CT molecular complexity index is 4060. The molecule has 5 nitrogen and oxygen atoms in total. The molecule has 0 N–H and O–H groups in total. The van der Waals surface area contributed by atoms with Crippen molar-refractivity contribution in [2.45, 2.75) is 0 Å². The third-order valence-electron chi connectivity index (χ3n) is 13.8. The van der Waals surface area contributed by atoms with E-state index < -0.39 is 14.3 Å². The second-order valence-electron chi connectivity index (χ2n) is 17.2. The molecular formula is C58H35N3O2P2. The average Bonchev–Trinajstić information content (AvgIpc) is 3.98. The van der Waals surface area contributed by atoms with Gasteiger partial charge in [-0.15, -0.1) is 0 Å². The van der Waals surface area contributed by atoms with E-state index in [1.165, 1.54) is 0 Å². The first-order valence-electron chi connectivity index (χ1n) is 21.8. The molecule has 2 aliphatic rings. The van der Waals surface area contributed by atoms with E-state index >= 15 is 9.13 Å². The van der Waals surface area contributed by atoms with Crippen molar-refractivity contribution < 1.29 is 9.13 Å². The Morgan fingerprint density at radius 3 is 1.57 bits per heavy atom. The molecule has 12 aromatic rings. The first-order chi connectivity index (χ1) is 32.0. The van der Waals surface area contributed by atoms with Crippen LogP contribution in [0.25, 0.3) is 93.8 Å². The minimum atomic E-state index is -3.22. The summed E-state index contributed by atoms with van der Waals surface area (Å²) in [5.41, 5.74) is 12.9. The Morgan fingerprint density at radius 2 is 0.908 bits per heavy atom. The maximum atomic E-state index is 15.8. The quantitative estimate of drug-likeness (QED) is 0.131. The van der Waals surface area contributed by atoms with Gasteiger partial charge in [0.05, 0.1) is 22.1 Å². The van der Waals surface area contributed by atoms with E-state index in [9.17, 15) is 0 Å². The molecule has 0 saturated carbocycles. The van der Waals surface area contributed by atoms with Gasteiger partial charge in [0, 0.05) is 54.2 Å². The molecule has 0 radical (unpaired) electrons. The van der Waals surface area contributed by atoms with Crippen LogP contribution in [0.3, 0.4) is 0 Å². The summed E-state index contributed by atoms with van der Waals surface area (Å²) in [6.07, 6.45) is 1.81. The van der Waals surface area contributed by atoms with Crippen LogP contribution in [0.5, 0.6) is 0 Å². The van der Waals surface area contributed by atoms with E-state index in [1.807, 2.05) is 85.1 Å². The van der Waals surface area contributed by atoms with Crippen molar-refractivity contribution in [2.24, 2.45) is 0 Å². The molecule has 0 atom stereocenters. The molecule has 5 heterocycles. The van der Waals surface area contributed by atoms with Gasteiger partial charge in [-0.1, -0.05) is 170 Å². The number of fused-ring (bicyclic) bond motifs is 15. The van der Waals surface area contributed by atoms with E-state index in [4.69, 9.17) is 9.97 Å². The van der Waals surface area contributed by atoms with Gasteiger partial charge in [-0.25, -0.2) is 4.98 Å². The highest BCUT2D eigenvalue weighted by Gasteiger charge is 2.41. The van der Waals surface area contributed by atoms with Crippen molar-refractivity contribution in [3.05, 3.63) is 212 Å². The van der Waals surface area contributed by atoms with Gasteiger partial charge in [0.15, 0.2) is 14.3 Å². The maximum Gasteiger partial charge on any atom is 0.173 e. The molecule has 304 valence electrons. The van der Waals surface area contributed by atoms with Gasteiger partial charge in [0.2, 0.25) is 0 Å². The van der Waals surface area contributed by atoms with E-state index in [-0.39, 0.29) is 0 Å². The highest BCUT2D eigenvalue weighted by Crippen LogP contribution is 2.54. The van der Waals surface area contributed by atoms with Crippen molar-refractivity contribution >= 4 is 95.4 Å². The second-order valence-corrected chi connectivity index (χ2v) is 22.6. The van der Waals surface area contributed by atoms with Crippen LogP contribution in [0.15, 0.2) is 212 Å². The zero-order valence-electron chi connectivity index (χ0n) is 34.8. The first kappa shape index (κ1) is 36.8. The van der Waals surface area contributed by atoms with Gasteiger partial charge in [-0.2, -0.15) is 0 Å². The largest absolute Gasteiger partial charge is 0.309 e. The summed E-state index contributed by atoms with van der Waals surface area (Å²) in [5, 5.41) is 9.17. The monoisotopic (exact) mass is 867 g/mol. The molecule has 0 spiro atoms. The molecule has 65 heavy (non-hydrogen) atoms. The number of rotatable bonds is 4. The molecule has 3 aromatic heterocycles. The molecule has 0 amide bonds. The lowest BCUT2D eigenvalue weighted by molar-refractivity contribution is 0.592. The summed E-state index contributed by atoms with van der Waals surface area (Å²) in [6, 6.07) is 70.8. The van der Waals surface area contributed by atoms with E-state index in [1.54, 1.807) is 0 Å². The van der Waals surface area contributed by atoms with Crippen LogP contribution in [-0.2, 0) is 9.13 Å². The van der Waals surface area contributed by atoms with Gasteiger partial charge in [0.25, 0.3) is 0 Å². The van der Waals surface area contributed by atoms with Gasteiger partial charge < -0.3 is 9.13 Å². The van der Waals surface area contributed by atoms with Gasteiger partial charge in [-0.3, -0.25) is 9.38 Å². The standard InChI is InChI=1S/C58H35N3O2P2/c62-64(54-18-8-4-14-45(54)46-15-5-9-19-55(46)64)41-26-28-44-43-27-24-37(36-12-2-1-3-13-36)31-49(43)58-60-50-29-25-39(33-53(50)61(58)52(44)34-41)38-22-23-40-30-42(35-59-51(40)32-38)65(63)56-20-10-6-16-47(56)48-17-7-11-21-57(48)65/h1-35H. The predicted molar refractivity (Wildman–Crippen MR) is 271 cm³/mol. The lowest BCUT2D eigenvalue weighted by Gasteiger charge is -2.18. The number of hydrogen-bond acceptors (Lipinski definition) is 4. The smallest absolute Gasteiger partial charge is 0.173 e. The Balaban J connectivity index is 0.964. The summed E-state index contributed by atoms with van der Waals surface area (Å²) in [5.74, 6) is 0. The normalized spacial score (nSPS) is 14.2. The number of benzene rings is 9. The van der Waals surface area contributed by atoms with Crippen LogP contribution >= 0.6 is 14.3 Å². The number of imidazole rings is 1. The van der Waals surface area contributed by atoms with Gasteiger partial charge in [-0.05, 0) is 86.3 Å². The molecular weight excluding hydrogens is 833 g/mol. The van der Waals surface area contributed by atoms with Crippen molar-refractivity contribution in [1.29, 1.82) is 0 Å². The molecule has 0 fully saturated rings. The topological polar surface area (TPSA) is 64.3 Å². The molecule has 14 rings (SSSR count). The first-order valence-corrected chi connectivity index (χ1v) is 25.3. The zero-order valence-corrected chi connectivity index (χ0v) is 36.5. The minimum absolute atomic E-state index is 0.739. The Hall–Kier alpha value is -7.68. The summed E-state index contributed by atoms with van der Waals surface area (Å²) in [4.78, 5) is 10.4. The van der Waals surface area contributed by atoms with Crippen LogP contribution in [0.2, 0.25) is 0 Å². The SMILES string of the molecule is O=P1(c2cnc3cc(-c4ccc5nc6c7cc(-c8ccccc8)ccc7c7ccc(P8(=O)c9ccccc9-c9ccccc98)cc7n6c5c4)ccc3c2)c2ccccc2-c2ccccc21. The lowest BCUT2D eigenvalue weighted by atomic mass is 9.99. The van der Waals surface area contributed by atoms with Crippen molar-refractivity contribution in [2.75, 3.05) is 0 Å². The Labute approximate surface area is 374 Å². The number of pyridine rings is 2. The van der Waals surface area contributed by atoms with E-state index in [2.05, 4.69) is 132 Å². The number of nitrogens with zero attached hydrogens (tertiary/aromatic N) is 3. The van der Waals surface area contributed by atoms with Crippen LogP contribution in [0.4, 0.5) is 0 Å². The van der Waals surface area contributed by atoms with E-state index in [0.29, 0.717) is 0 Å². The lowest BCUT2D eigenvalue weighted by Crippen LogP contribution is -2.21. The molecule has 0 aliphatic carbocycles. The summed E-state index contributed by atoms with van der Waals surface area (Å²) in [6.45, 7) is 0. The zero-order chi connectivity index (χ0) is 43.0. The molecule has 9 aromatic carbocycles. The fourth-order valence-electron chi connectivity index (χ4n) is 10.8.